The molecule has 8 heteroatoms. The van der Waals surface area contributed by atoms with E-state index >= 15 is 0 Å². The molecule has 0 spiro atoms. The minimum absolute atomic E-state index is 0.136. The summed E-state index contributed by atoms with van der Waals surface area (Å²) in [7, 11) is 0. The molecule has 0 amide bonds. The second-order valence-electron chi connectivity index (χ2n) is 4.28. The summed E-state index contributed by atoms with van der Waals surface area (Å²) in [4.78, 5) is 20.2. The van der Waals surface area contributed by atoms with Gasteiger partial charge in [0.05, 0.1) is 15.9 Å². The average Bonchev–Trinajstić information content (AvgIpc) is 2.42. The Bertz CT molecular complexity index is 542. The lowest BCUT2D eigenvalue weighted by Crippen LogP contribution is -2.01. The second kappa shape index (κ2) is 7.17. The molecule has 0 aliphatic rings. The molecular weight excluding hydrogens is 264 g/mol. The Morgan fingerprint density at radius 2 is 2.00 bits per heavy atom. The van der Waals surface area contributed by atoms with Crippen LogP contribution in [0.2, 0.25) is 0 Å². The highest BCUT2D eigenvalue weighted by Crippen LogP contribution is 2.28. The second-order valence-corrected chi connectivity index (χ2v) is 4.28. The topological polar surface area (TPSA) is 111 Å². The van der Waals surface area contributed by atoms with Crippen LogP contribution in [0, 0.1) is 20.2 Å². The molecule has 0 unspecified atom stereocenters. The predicted octanol–water partition coefficient (Wildman–Crippen LogP) is 3.48. The molecule has 0 radical (unpaired) electrons. The van der Waals surface area contributed by atoms with Gasteiger partial charge >= 0.3 is 5.69 Å². The molecule has 0 atom stereocenters. The first kappa shape index (κ1) is 15.5. The Hall–Kier alpha value is -2.51. The third kappa shape index (κ3) is 4.30. The fraction of sp³-hybridized carbons (Fsp3) is 0.417. The van der Waals surface area contributed by atoms with Crippen LogP contribution in [0.5, 0.6) is 0 Å². The molecule has 0 saturated heterocycles. The average molecular weight is 280 g/mol. The number of anilines is 1. The number of nitro benzene ring substituents is 2. The molecule has 0 aliphatic carbocycles. The van der Waals surface area contributed by atoms with Gasteiger partial charge in [-0.3, -0.25) is 25.7 Å². The number of nitro groups is 2. The highest BCUT2D eigenvalue weighted by molar-refractivity contribution is 5.83. The van der Waals surface area contributed by atoms with Crippen LogP contribution in [-0.4, -0.2) is 15.6 Å². The molecule has 1 aromatic carbocycles. The predicted molar refractivity (Wildman–Crippen MR) is 76.0 cm³/mol. The highest BCUT2D eigenvalue weighted by atomic mass is 16.6. The van der Waals surface area contributed by atoms with Gasteiger partial charge in [-0.2, -0.15) is 5.10 Å². The summed E-state index contributed by atoms with van der Waals surface area (Å²) in [5.41, 5.74) is 2.85. The van der Waals surface area contributed by atoms with Gasteiger partial charge in [0.1, 0.15) is 5.69 Å². The van der Waals surface area contributed by atoms with Gasteiger partial charge in [-0.15, -0.1) is 0 Å². The number of nitrogens with zero attached hydrogens (tertiary/aromatic N) is 3. The first-order valence-electron chi connectivity index (χ1n) is 6.17. The molecule has 0 fully saturated rings. The molecule has 0 heterocycles. The van der Waals surface area contributed by atoms with Crippen molar-refractivity contribution in [2.24, 2.45) is 5.10 Å². The number of hydrogen-bond acceptors (Lipinski definition) is 6. The van der Waals surface area contributed by atoms with Crippen LogP contribution in [0.4, 0.5) is 17.1 Å². The van der Waals surface area contributed by atoms with Gasteiger partial charge in [0, 0.05) is 11.8 Å². The van der Waals surface area contributed by atoms with Crippen LogP contribution in [0.3, 0.4) is 0 Å². The van der Waals surface area contributed by atoms with E-state index in [0.29, 0.717) is 0 Å². The van der Waals surface area contributed by atoms with E-state index in [9.17, 15) is 20.2 Å². The van der Waals surface area contributed by atoms with Crippen LogP contribution in [0.25, 0.3) is 0 Å². The zero-order chi connectivity index (χ0) is 15.1. The summed E-state index contributed by atoms with van der Waals surface area (Å²) in [6.45, 7) is 3.88. The fourth-order valence-electron chi connectivity index (χ4n) is 1.52. The molecule has 8 nitrogen and oxygen atoms in total. The van der Waals surface area contributed by atoms with Gasteiger partial charge < -0.3 is 0 Å². The normalized spacial score (nSPS) is 11.2. The lowest BCUT2D eigenvalue weighted by molar-refractivity contribution is -0.393. The van der Waals surface area contributed by atoms with Crippen molar-refractivity contribution < 1.29 is 9.85 Å². The van der Waals surface area contributed by atoms with E-state index in [1.165, 1.54) is 12.1 Å². The molecule has 0 saturated carbocycles. The quantitative estimate of drug-likeness (QED) is 0.467. The van der Waals surface area contributed by atoms with Crippen molar-refractivity contribution in [1.82, 2.24) is 0 Å². The van der Waals surface area contributed by atoms with E-state index in [1.807, 2.05) is 6.92 Å². The van der Waals surface area contributed by atoms with Crippen LogP contribution < -0.4 is 5.43 Å². The third-order valence-corrected chi connectivity index (χ3v) is 2.65. The van der Waals surface area contributed by atoms with Crippen molar-refractivity contribution in [3.8, 4) is 0 Å². The summed E-state index contributed by atoms with van der Waals surface area (Å²) in [5, 5.41) is 25.6. The number of benzene rings is 1. The van der Waals surface area contributed by atoms with E-state index in [2.05, 4.69) is 17.5 Å². The molecule has 108 valence electrons. The maximum absolute atomic E-state index is 10.9. The maximum Gasteiger partial charge on any atom is 0.301 e. The minimum atomic E-state index is -0.674. The Kier molecular flexibility index (Phi) is 5.57. The first-order chi connectivity index (χ1) is 9.45. The number of hydrazone groups is 1. The van der Waals surface area contributed by atoms with E-state index in [1.54, 1.807) is 0 Å². The highest BCUT2D eigenvalue weighted by Gasteiger charge is 2.19. The van der Waals surface area contributed by atoms with Gasteiger partial charge in [0.25, 0.3) is 5.69 Å². The van der Waals surface area contributed by atoms with E-state index < -0.39 is 9.85 Å². The van der Waals surface area contributed by atoms with Crippen molar-refractivity contribution in [2.75, 3.05) is 5.43 Å². The third-order valence-electron chi connectivity index (χ3n) is 2.65. The number of non-ortho nitro benzene ring substituents is 1. The molecule has 0 aromatic heterocycles. The first-order valence-corrected chi connectivity index (χ1v) is 6.17. The molecule has 1 N–H and O–H groups in total. The van der Waals surface area contributed by atoms with Gasteiger partial charge in [-0.1, -0.05) is 13.3 Å². The van der Waals surface area contributed by atoms with Crippen molar-refractivity contribution in [2.45, 2.75) is 33.1 Å². The molecule has 1 rings (SSSR count). The number of unbranched alkanes of at least 4 members (excludes halogenated alkanes) is 1. The summed E-state index contributed by atoms with van der Waals surface area (Å²) in [6.07, 6.45) is 2.81. The Balaban J connectivity index is 2.95. The van der Waals surface area contributed by atoms with Crippen LogP contribution in [0.15, 0.2) is 23.3 Å². The zero-order valence-corrected chi connectivity index (χ0v) is 11.3. The molecule has 0 aliphatic heterocycles. The van der Waals surface area contributed by atoms with E-state index in [0.717, 1.165) is 31.0 Å². The lowest BCUT2D eigenvalue weighted by Gasteiger charge is -2.04. The van der Waals surface area contributed by atoms with E-state index in [4.69, 9.17) is 0 Å². The van der Waals surface area contributed by atoms with Crippen LogP contribution in [-0.2, 0) is 0 Å². The largest absolute Gasteiger partial charge is 0.301 e. The van der Waals surface area contributed by atoms with Gasteiger partial charge in [0.15, 0.2) is 0 Å². The van der Waals surface area contributed by atoms with Crippen molar-refractivity contribution >= 4 is 22.8 Å². The molecular formula is C12H16N4O4. The standard InChI is InChI=1S/C12H16N4O4/c1-3-4-5-9(2)13-14-11-7-6-10(15(17)18)8-12(11)16(19)20/h6-8,14H,3-5H2,1-2H3/b13-9-. The van der Waals surface area contributed by atoms with Crippen LogP contribution in [0.1, 0.15) is 33.1 Å². The number of nitrogens with one attached hydrogen (secondary N) is 1. The van der Waals surface area contributed by atoms with Crippen molar-refractivity contribution in [3.63, 3.8) is 0 Å². The van der Waals surface area contributed by atoms with Crippen molar-refractivity contribution in [3.05, 3.63) is 38.4 Å². The number of rotatable bonds is 7. The van der Waals surface area contributed by atoms with Crippen LogP contribution >= 0.6 is 0 Å². The van der Waals surface area contributed by atoms with Gasteiger partial charge in [-0.25, -0.2) is 0 Å². The smallest absolute Gasteiger partial charge is 0.272 e. The lowest BCUT2D eigenvalue weighted by atomic mass is 10.2. The maximum atomic E-state index is 10.9. The Labute approximate surface area is 115 Å². The fourth-order valence-corrected chi connectivity index (χ4v) is 1.52. The van der Waals surface area contributed by atoms with E-state index in [-0.39, 0.29) is 17.1 Å². The van der Waals surface area contributed by atoms with Gasteiger partial charge in [0.2, 0.25) is 0 Å². The summed E-state index contributed by atoms with van der Waals surface area (Å²) in [5.74, 6) is 0. The molecule has 0 bridgehead atoms. The summed E-state index contributed by atoms with van der Waals surface area (Å²) < 4.78 is 0. The van der Waals surface area contributed by atoms with Crippen molar-refractivity contribution in [1.29, 1.82) is 0 Å². The van der Waals surface area contributed by atoms with Gasteiger partial charge in [-0.05, 0) is 25.8 Å². The summed E-state index contributed by atoms with van der Waals surface area (Å²) in [6, 6.07) is 3.40. The number of hydrogen-bond donors (Lipinski definition) is 1. The zero-order valence-electron chi connectivity index (χ0n) is 11.3. The monoisotopic (exact) mass is 280 g/mol. The molecule has 1 aromatic rings. The Morgan fingerprint density at radius 1 is 1.30 bits per heavy atom. The Morgan fingerprint density at radius 3 is 2.55 bits per heavy atom. The summed E-state index contributed by atoms with van der Waals surface area (Å²) >= 11 is 0. The molecule has 20 heavy (non-hydrogen) atoms. The SMILES string of the molecule is CCCC/C(C)=N\Nc1ccc([N+](=O)[O-])cc1[N+](=O)[O-]. The minimum Gasteiger partial charge on any atom is -0.272 e.